The normalized spacial score (nSPS) is 11.1. The summed E-state index contributed by atoms with van der Waals surface area (Å²) in [4.78, 5) is 20.0. The zero-order valence-corrected chi connectivity index (χ0v) is 17.7. The third-order valence-corrected chi connectivity index (χ3v) is 5.43. The molecular weight excluding hydrogens is 421 g/mol. The van der Waals surface area contributed by atoms with Gasteiger partial charge in [-0.3, -0.25) is 9.48 Å². The van der Waals surface area contributed by atoms with Crippen LogP contribution in [0.5, 0.6) is 5.75 Å². The van der Waals surface area contributed by atoms with Gasteiger partial charge in [0.15, 0.2) is 5.82 Å². The van der Waals surface area contributed by atoms with Crippen molar-refractivity contribution in [1.29, 1.82) is 0 Å². The lowest BCUT2D eigenvalue weighted by Gasteiger charge is -2.07. The number of amides is 1. The van der Waals surface area contributed by atoms with Crippen molar-refractivity contribution in [2.75, 3.05) is 7.11 Å². The van der Waals surface area contributed by atoms with Crippen molar-refractivity contribution >= 4 is 16.9 Å². The van der Waals surface area contributed by atoms with E-state index in [0.717, 1.165) is 22.3 Å². The van der Waals surface area contributed by atoms with E-state index in [1.165, 1.54) is 18.2 Å². The number of para-hydroxylation sites is 2. The SMILES string of the molecule is COc1ccc(Cn2nc(-c3cc(F)ccc3C(N)=O)cc2-c2nc3ccccc3[nH]2)cc1. The molecule has 164 valence electrons. The first-order valence-corrected chi connectivity index (χ1v) is 10.3. The van der Waals surface area contributed by atoms with Gasteiger partial charge in [0, 0.05) is 11.1 Å². The van der Waals surface area contributed by atoms with Gasteiger partial charge in [-0.1, -0.05) is 24.3 Å². The molecule has 5 rings (SSSR count). The van der Waals surface area contributed by atoms with E-state index in [-0.39, 0.29) is 5.56 Å². The second-order valence-electron chi connectivity index (χ2n) is 7.58. The molecule has 7 nitrogen and oxygen atoms in total. The summed E-state index contributed by atoms with van der Waals surface area (Å²) in [5.41, 5.74) is 9.85. The molecule has 5 aromatic rings. The number of carbonyl (C=O) groups excluding carboxylic acids is 1. The van der Waals surface area contributed by atoms with Crippen LogP contribution in [-0.4, -0.2) is 32.8 Å². The largest absolute Gasteiger partial charge is 0.497 e. The maximum absolute atomic E-state index is 14.1. The van der Waals surface area contributed by atoms with Crippen molar-refractivity contribution < 1.29 is 13.9 Å². The number of nitrogens with two attached hydrogens (primary N) is 1. The number of H-pyrrole nitrogens is 1. The number of methoxy groups -OCH3 is 1. The molecule has 3 aromatic carbocycles. The molecule has 0 aliphatic carbocycles. The fourth-order valence-electron chi connectivity index (χ4n) is 3.78. The number of hydrogen-bond acceptors (Lipinski definition) is 4. The number of hydrogen-bond donors (Lipinski definition) is 2. The van der Waals surface area contributed by atoms with Gasteiger partial charge in [-0.05, 0) is 54.1 Å². The molecule has 0 atom stereocenters. The van der Waals surface area contributed by atoms with Gasteiger partial charge in [-0.25, -0.2) is 9.37 Å². The van der Waals surface area contributed by atoms with Crippen LogP contribution in [0.4, 0.5) is 4.39 Å². The number of aromatic amines is 1. The second kappa shape index (κ2) is 8.23. The highest BCUT2D eigenvalue weighted by Gasteiger charge is 2.19. The molecule has 0 saturated heterocycles. The monoisotopic (exact) mass is 441 g/mol. The van der Waals surface area contributed by atoms with Crippen LogP contribution in [0, 0.1) is 5.82 Å². The summed E-state index contributed by atoms with van der Waals surface area (Å²) >= 11 is 0. The Kier molecular flexibility index (Phi) is 5.10. The fourth-order valence-corrected chi connectivity index (χ4v) is 3.78. The van der Waals surface area contributed by atoms with Gasteiger partial charge in [0.1, 0.15) is 17.3 Å². The maximum atomic E-state index is 14.1. The highest BCUT2D eigenvalue weighted by atomic mass is 19.1. The van der Waals surface area contributed by atoms with Gasteiger partial charge in [-0.2, -0.15) is 5.10 Å². The Morgan fingerprint density at radius 1 is 1.09 bits per heavy atom. The number of imidazole rings is 1. The molecular formula is C25H20FN5O2. The fraction of sp³-hybridized carbons (Fsp3) is 0.0800. The minimum atomic E-state index is -0.653. The average molecular weight is 441 g/mol. The number of primary amides is 1. The van der Waals surface area contributed by atoms with E-state index < -0.39 is 11.7 Å². The van der Waals surface area contributed by atoms with Gasteiger partial charge >= 0.3 is 0 Å². The standard InChI is InChI=1S/C25H20FN5O2/c1-33-17-9-6-15(7-10-17)14-31-23(25-28-20-4-2-3-5-21(20)29-25)13-22(30-31)19-12-16(26)8-11-18(19)24(27)32/h2-13H,14H2,1H3,(H2,27,32)(H,28,29). The number of fused-ring (bicyclic) bond motifs is 1. The third kappa shape index (κ3) is 3.94. The molecule has 0 saturated carbocycles. The minimum absolute atomic E-state index is 0.196. The molecule has 2 heterocycles. The van der Waals surface area contributed by atoms with Crippen LogP contribution in [0.3, 0.4) is 0 Å². The smallest absolute Gasteiger partial charge is 0.249 e. The topological polar surface area (TPSA) is 98.8 Å². The van der Waals surface area contributed by atoms with Crippen molar-refractivity contribution in [1.82, 2.24) is 19.7 Å². The molecule has 0 unspecified atom stereocenters. The van der Waals surface area contributed by atoms with E-state index in [9.17, 15) is 9.18 Å². The molecule has 3 N–H and O–H groups in total. The average Bonchev–Trinajstić information content (AvgIpc) is 3.43. The summed E-state index contributed by atoms with van der Waals surface area (Å²) in [6.45, 7) is 0.428. The van der Waals surface area contributed by atoms with Crippen LogP contribution in [0.15, 0.2) is 72.8 Å². The molecule has 1 amide bonds. The molecule has 0 bridgehead atoms. The van der Waals surface area contributed by atoms with Gasteiger partial charge in [-0.15, -0.1) is 0 Å². The van der Waals surface area contributed by atoms with E-state index in [0.29, 0.717) is 29.3 Å². The highest BCUT2D eigenvalue weighted by molar-refractivity contribution is 5.99. The Labute approximate surface area is 188 Å². The number of nitrogens with one attached hydrogen (secondary N) is 1. The van der Waals surface area contributed by atoms with E-state index >= 15 is 0 Å². The molecule has 0 spiro atoms. The number of carbonyl (C=O) groups is 1. The quantitative estimate of drug-likeness (QED) is 0.408. The van der Waals surface area contributed by atoms with E-state index in [1.807, 2.05) is 48.5 Å². The number of rotatable bonds is 6. The first-order chi connectivity index (χ1) is 16.0. The number of ether oxygens (including phenoxy) is 1. The predicted molar refractivity (Wildman–Crippen MR) is 123 cm³/mol. The third-order valence-electron chi connectivity index (χ3n) is 5.43. The molecule has 0 radical (unpaired) electrons. The lowest BCUT2D eigenvalue weighted by atomic mass is 10.0. The molecule has 0 fully saturated rings. The van der Waals surface area contributed by atoms with Crippen molar-refractivity contribution in [3.63, 3.8) is 0 Å². The van der Waals surface area contributed by atoms with Crippen LogP contribution >= 0.6 is 0 Å². The Balaban J connectivity index is 1.65. The van der Waals surface area contributed by atoms with Gasteiger partial charge in [0.05, 0.1) is 30.4 Å². The van der Waals surface area contributed by atoms with Gasteiger partial charge in [0.25, 0.3) is 0 Å². The number of nitrogens with zero attached hydrogens (tertiary/aromatic N) is 3. The molecule has 2 aromatic heterocycles. The number of halogens is 1. The number of aromatic nitrogens is 4. The van der Waals surface area contributed by atoms with Crippen LogP contribution < -0.4 is 10.5 Å². The summed E-state index contributed by atoms with van der Waals surface area (Å²) in [7, 11) is 1.61. The van der Waals surface area contributed by atoms with E-state index in [4.69, 9.17) is 20.6 Å². The van der Waals surface area contributed by atoms with E-state index in [2.05, 4.69) is 4.98 Å². The Bertz CT molecular complexity index is 1440. The molecule has 33 heavy (non-hydrogen) atoms. The van der Waals surface area contributed by atoms with E-state index in [1.54, 1.807) is 17.9 Å². The summed E-state index contributed by atoms with van der Waals surface area (Å²) in [5.74, 6) is 0.230. The van der Waals surface area contributed by atoms with Gasteiger partial charge in [0.2, 0.25) is 5.91 Å². The lowest BCUT2D eigenvalue weighted by Crippen LogP contribution is -2.12. The second-order valence-corrected chi connectivity index (χ2v) is 7.58. The van der Waals surface area contributed by atoms with Crippen molar-refractivity contribution in [2.24, 2.45) is 5.73 Å². The first-order valence-electron chi connectivity index (χ1n) is 10.3. The van der Waals surface area contributed by atoms with Crippen LogP contribution in [0.2, 0.25) is 0 Å². The zero-order valence-electron chi connectivity index (χ0n) is 17.7. The summed E-state index contributed by atoms with van der Waals surface area (Å²) < 4.78 is 21.1. The van der Waals surface area contributed by atoms with Crippen molar-refractivity contribution in [3.05, 3.63) is 89.7 Å². The number of benzene rings is 3. The predicted octanol–water partition coefficient (Wildman–Crippen LogP) is 4.39. The lowest BCUT2D eigenvalue weighted by molar-refractivity contribution is 0.100. The molecule has 0 aliphatic rings. The van der Waals surface area contributed by atoms with Crippen LogP contribution in [-0.2, 0) is 6.54 Å². The Morgan fingerprint density at radius 2 is 1.88 bits per heavy atom. The Morgan fingerprint density at radius 3 is 2.61 bits per heavy atom. The van der Waals surface area contributed by atoms with Crippen molar-refractivity contribution in [2.45, 2.75) is 6.54 Å². The van der Waals surface area contributed by atoms with Crippen LogP contribution in [0.25, 0.3) is 33.8 Å². The first kappa shape index (κ1) is 20.4. The zero-order chi connectivity index (χ0) is 22.9. The Hall–Kier alpha value is -4.46. The minimum Gasteiger partial charge on any atom is -0.497 e. The molecule has 8 heteroatoms. The maximum Gasteiger partial charge on any atom is 0.249 e. The molecule has 0 aliphatic heterocycles. The van der Waals surface area contributed by atoms with Crippen molar-refractivity contribution in [3.8, 4) is 28.5 Å². The van der Waals surface area contributed by atoms with Crippen LogP contribution in [0.1, 0.15) is 15.9 Å². The summed E-state index contributed by atoms with van der Waals surface area (Å²) in [5, 5.41) is 4.70. The highest BCUT2D eigenvalue weighted by Crippen LogP contribution is 2.29. The summed E-state index contributed by atoms with van der Waals surface area (Å²) in [6.07, 6.45) is 0. The van der Waals surface area contributed by atoms with Gasteiger partial charge < -0.3 is 15.5 Å². The summed E-state index contributed by atoms with van der Waals surface area (Å²) in [6, 6.07) is 21.0.